The maximum absolute atomic E-state index is 12.2. The number of nitrogens with zero attached hydrogens (tertiary/aromatic N) is 3. The third-order valence-electron chi connectivity index (χ3n) is 3.49. The van der Waals surface area contributed by atoms with Gasteiger partial charge < -0.3 is 19.9 Å². The fraction of sp³-hybridized carbons (Fsp3) is 0.647. The number of ether oxygens (including phenoxy) is 1. The summed E-state index contributed by atoms with van der Waals surface area (Å²) in [5.74, 6) is 0.125. The summed E-state index contributed by atoms with van der Waals surface area (Å²) in [6, 6.07) is 3.96. The third kappa shape index (κ3) is 8.06. The van der Waals surface area contributed by atoms with Crippen molar-refractivity contribution < 1.29 is 9.53 Å². The van der Waals surface area contributed by atoms with Crippen molar-refractivity contribution in [3.8, 4) is 0 Å². The topological polar surface area (TPSA) is 57.7 Å². The minimum absolute atomic E-state index is 0.125. The fourth-order valence-electron chi connectivity index (χ4n) is 2.12. The number of nitrogens with one attached hydrogen (secondary N) is 1. The minimum Gasteiger partial charge on any atom is -0.377 e. The highest BCUT2D eigenvalue weighted by atomic mass is 16.5. The van der Waals surface area contributed by atoms with E-state index < -0.39 is 0 Å². The minimum atomic E-state index is 0.125. The number of carbonyl (C=O) groups excluding carboxylic acids is 1. The number of rotatable bonds is 11. The van der Waals surface area contributed by atoms with Crippen molar-refractivity contribution >= 4 is 5.91 Å². The SMILES string of the molecule is CCOCc1ccnc(CNCC(=O)N(CC)CCN(C)C)c1. The zero-order valence-corrected chi connectivity index (χ0v) is 14.8. The normalized spacial score (nSPS) is 11.0. The summed E-state index contributed by atoms with van der Waals surface area (Å²) >= 11 is 0. The Bertz CT molecular complexity index is 466. The van der Waals surface area contributed by atoms with Gasteiger partial charge in [0.15, 0.2) is 0 Å². The quantitative estimate of drug-likeness (QED) is 0.661. The van der Waals surface area contributed by atoms with Crippen LogP contribution in [-0.4, -0.2) is 67.6 Å². The van der Waals surface area contributed by atoms with Gasteiger partial charge in [-0.2, -0.15) is 0 Å². The van der Waals surface area contributed by atoms with Crippen molar-refractivity contribution in [1.29, 1.82) is 0 Å². The van der Waals surface area contributed by atoms with Gasteiger partial charge in [0.05, 0.1) is 18.8 Å². The summed E-state index contributed by atoms with van der Waals surface area (Å²) < 4.78 is 5.40. The second kappa shape index (κ2) is 11.1. The standard InChI is InChI=1S/C17H30N4O2/c1-5-21(10-9-20(3)4)17(22)13-18-12-16-11-15(7-8-19-16)14-23-6-2/h7-8,11,18H,5-6,9-10,12-14H2,1-4H3. The molecule has 0 spiro atoms. The Morgan fingerprint density at radius 2 is 2.09 bits per heavy atom. The first-order valence-corrected chi connectivity index (χ1v) is 8.21. The van der Waals surface area contributed by atoms with Crippen LogP contribution in [-0.2, 0) is 22.7 Å². The number of amides is 1. The highest BCUT2D eigenvalue weighted by molar-refractivity contribution is 5.78. The Morgan fingerprint density at radius 3 is 2.74 bits per heavy atom. The summed E-state index contributed by atoms with van der Waals surface area (Å²) in [7, 11) is 4.02. The summed E-state index contributed by atoms with van der Waals surface area (Å²) in [5.41, 5.74) is 2.03. The highest BCUT2D eigenvalue weighted by Gasteiger charge is 2.11. The first-order chi connectivity index (χ1) is 11.1. The second-order valence-electron chi connectivity index (χ2n) is 5.67. The van der Waals surface area contributed by atoms with Gasteiger partial charge >= 0.3 is 0 Å². The zero-order chi connectivity index (χ0) is 17.1. The largest absolute Gasteiger partial charge is 0.377 e. The molecule has 0 bridgehead atoms. The molecule has 1 amide bonds. The van der Waals surface area contributed by atoms with Crippen LogP contribution in [0.3, 0.4) is 0 Å². The summed E-state index contributed by atoms with van der Waals surface area (Å²) in [4.78, 5) is 20.5. The molecule has 6 nitrogen and oxygen atoms in total. The lowest BCUT2D eigenvalue weighted by Crippen LogP contribution is -2.41. The molecule has 0 aromatic carbocycles. The van der Waals surface area contributed by atoms with Crippen molar-refractivity contribution in [2.45, 2.75) is 27.0 Å². The molecule has 0 saturated carbocycles. The van der Waals surface area contributed by atoms with E-state index in [1.54, 1.807) is 6.20 Å². The van der Waals surface area contributed by atoms with Crippen LogP contribution in [0, 0.1) is 0 Å². The van der Waals surface area contributed by atoms with Crippen molar-refractivity contribution in [1.82, 2.24) is 20.1 Å². The molecule has 1 N–H and O–H groups in total. The molecule has 0 saturated heterocycles. The molecule has 0 radical (unpaired) electrons. The first-order valence-electron chi connectivity index (χ1n) is 8.21. The van der Waals surface area contributed by atoms with Gasteiger partial charge in [-0.1, -0.05) is 0 Å². The van der Waals surface area contributed by atoms with E-state index in [2.05, 4.69) is 15.2 Å². The van der Waals surface area contributed by atoms with Gasteiger partial charge in [-0.3, -0.25) is 9.78 Å². The van der Waals surface area contributed by atoms with Gasteiger partial charge in [0.2, 0.25) is 5.91 Å². The average Bonchev–Trinajstić information content (AvgIpc) is 2.53. The molecule has 0 atom stereocenters. The van der Waals surface area contributed by atoms with E-state index in [1.807, 2.05) is 45.0 Å². The van der Waals surface area contributed by atoms with Crippen LogP contribution < -0.4 is 5.32 Å². The van der Waals surface area contributed by atoms with Crippen LogP contribution in [0.25, 0.3) is 0 Å². The van der Waals surface area contributed by atoms with Gasteiger partial charge in [0.25, 0.3) is 0 Å². The van der Waals surface area contributed by atoms with E-state index in [1.165, 1.54) is 0 Å². The molecule has 0 aliphatic carbocycles. The number of likely N-dealkylation sites (N-methyl/N-ethyl adjacent to an activating group) is 2. The van der Waals surface area contributed by atoms with Crippen molar-refractivity contribution in [2.75, 3.05) is 46.9 Å². The molecule has 130 valence electrons. The molecule has 0 unspecified atom stereocenters. The molecular formula is C17H30N4O2. The van der Waals surface area contributed by atoms with E-state index in [0.717, 1.165) is 30.9 Å². The Balaban J connectivity index is 2.38. The van der Waals surface area contributed by atoms with Crippen LogP contribution in [0.15, 0.2) is 18.3 Å². The number of carbonyl (C=O) groups is 1. The fourth-order valence-corrected chi connectivity index (χ4v) is 2.12. The lowest BCUT2D eigenvalue weighted by atomic mass is 10.2. The second-order valence-corrected chi connectivity index (χ2v) is 5.67. The lowest BCUT2D eigenvalue weighted by molar-refractivity contribution is -0.130. The molecular weight excluding hydrogens is 292 g/mol. The van der Waals surface area contributed by atoms with Crippen LogP contribution in [0.2, 0.25) is 0 Å². The number of hydrogen-bond donors (Lipinski definition) is 1. The molecule has 23 heavy (non-hydrogen) atoms. The molecule has 0 fully saturated rings. The predicted octanol–water partition coefficient (Wildman–Crippen LogP) is 1.12. The first kappa shape index (κ1) is 19.5. The van der Waals surface area contributed by atoms with E-state index in [4.69, 9.17) is 4.74 Å². The van der Waals surface area contributed by atoms with Gasteiger partial charge in [0, 0.05) is 39.0 Å². The molecule has 1 rings (SSSR count). The van der Waals surface area contributed by atoms with Crippen LogP contribution in [0.4, 0.5) is 0 Å². The Kier molecular flexibility index (Phi) is 9.43. The molecule has 1 heterocycles. The molecule has 0 aliphatic heterocycles. The van der Waals surface area contributed by atoms with Gasteiger partial charge in [-0.15, -0.1) is 0 Å². The number of hydrogen-bond acceptors (Lipinski definition) is 5. The highest BCUT2D eigenvalue weighted by Crippen LogP contribution is 2.03. The third-order valence-corrected chi connectivity index (χ3v) is 3.49. The van der Waals surface area contributed by atoms with E-state index in [9.17, 15) is 4.79 Å². The molecule has 1 aromatic rings. The van der Waals surface area contributed by atoms with E-state index >= 15 is 0 Å². The zero-order valence-electron chi connectivity index (χ0n) is 14.8. The maximum atomic E-state index is 12.2. The van der Waals surface area contributed by atoms with Gasteiger partial charge in [0.1, 0.15) is 0 Å². The van der Waals surface area contributed by atoms with E-state index in [-0.39, 0.29) is 5.91 Å². The maximum Gasteiger partial charge on any atom is 0.236 e. The Hall–Kier alpha value is -1.50. The molecule has 1 aromatic heterocycles. The Labute approximate surface area is 139 Å². The average molecular weight is 322 g/mol. The summed E-state index contributed by atoms with van der Waals surface area (Å²) in [5, 5.41) is 3.18. The smallest absolute Gasteiger partial charge is 0.236 e. The van der Waals surface area contributed by atoms with Crippen LogP contribution in [0.5, 0.6) is 0 Å². The summed E-state index contributed by atoms with van der Waals surface area (Å²) in [6.45, 7) is 8.55. The van der Waals surface area contributed by atoms with Crippen molar-refractivity contribution in [3.05, 3.63) is 29.6 Å². The number of aromatic nitrogens is 1. The van der Waals surface area contributed by atoms with Gasteiger partial charge in [-0.25, -0.2) is 0 Å². The monoisotopic (exact) mass is 322 g/mol. The van der Waals surface area contributed by atoms with Crippen LogP contribution >= 0.6 is 0 Å². The molecule has 0 aliphatic rings. The Morgan fingerprint density at radius 1 is 1.30 bits per heavy atom. The van der Waals surface area contributed by atoms with Crippen LogP contribution in [0.1, 0.15) is 25.1 Å². The predicted molar refractivity (Wildman–Crippen MR) is 92.1 cm³/mol. The summed E-state index contributed by atoms with van der Waals surface area (Å²) in [6.07, 6.45) is 1.78. The molecule has 6 heteroatoms. The van der Waals surface area contributed by atoms with Crippen molar-refractivity contribution in [2.24, 2.45) is 0 Å². The number of pyridine rings is 1. The van der Waals surface area contributed by atoms with Gasteiger partial charge in [-0.05, 0) is 45.6 Å². The lowest BCUT2D eigenvalue weighted by Gasteiger charge is -2.23. The van der Waals surface area contributed by atoms with Crippen molar-refractivity contribution in [3.63, 3.8) is 0 Å². The van der Waals surface area contributed by atoms with E-state index in [0.29, 0.717) is 26.3 Å².